The van der Waals surface area contributed by atoms with Crippen molar-refractivity contribution in [3.05, 3.63) is 184 Å². The molecule has 0 heterocycles. The quantitative estimate of drug-likeness (QED) is 0.164. The molecule has 0 saturated heterocycles. The summed E-state index contributed by atoms with van der Waals surface area (Å²) in [5.74, 6) is -2.74. The molecule has 3 aliphatic rings. The average molecular weight is 755 g/mol. The smallest absolute Gasteiger partial charge is 0.144 e. The standard InChI is InChI=1S/C52H43F3.C2H6/c1-9-15-32-35-23-20-29(26-41(35)50(3,4)38(32)10-2)44-47(53)45(30-21-24-36-33-16-11-13-18-39(33)51(5,6)42(36)27-30)49(55)46(48(44)54)31-22-25-37-34-17-12-14-19-40(34)52(7,8)43(37)28-31;1-2/h9-28H,2H2,1,3-8H3;1-2H3/b15-9-;. The van der Waals surface area contributed by atoms with E-state index in [1.807, 2.05) is 93.6 Å². The number of allylic oxidation sites excluding steroid dienone is 5. The zero-order chi connectivity index (χ0) is 40.8. The summed E-state index contributed by atoms with van der Waals surface area (Å²) >= 11 is 0. The van der Waals surface area contributed by atoms with E-state index in [1.54, 1.807) is 18.2 Å². The lowest BCUT2D eigenvalue weighted by molar-refractivity contribution is 0.557. The Bertz CT molecular complexity index is 2600. The van der Waals surface area contributed by atoms with E-state index in [4.69, 9.17) is 0 Å². The summed E-state index contributed by atoms with van der Waals surface area (Å²) in [5, 5.41) is 0. The average Bonchev–Trinajstić information content (AvgIpc) is 3.67. The van der Waals surface area contributed by atoms with Gasteiger partial charge in [0.05, 0.1) is 16.7 Å². The van der Waals surface area contributed by atoms with E-state index in [1.165, 1.54) is 0 Å². The van der Waals surface area contributed by atoms with Crippen LogP contribution in [0.1, 0.15) is 95.7 Å². The second-order valence-corrected chi connectivity index (χ2v) is 16.8. The minimum atomic E-state index is -0.915. The molecule has 0 aromatic heterocycles. The van der Waals surface area contributed by atoms with Gasteiger partial charge in [0.1, 0.15) is 17.5 Å². The number of hydrogen-bond acceptors (Lipinski definition) is 0. The summed E-state index contributed by atoms with van der Waals surface area (Å²) in [7, 11) is 0. The molecule has 3 aliphatic carbocycles. The molecule has 3 heteroatoms. The van der Waals surface area contributed by atoms with E-state index in [0.29, 0.717) is 16.7 Å². The first-order chi connectivity index (χ1) is 27.2. The monoisotopic (exact) mass is 754 g/mol. The molecule has 0 N–H and O–H groups in total. The Labute approximate surface area is 336 Å². The summed E-state index contributed by atoms with van der Waals surface area (Å²) in [6, 6.07) is 33.3. The lowest BCUT2D eigenvalue weighted by atomic mass is 9.79. The van der Waals surface area contributed by atoms with Crippen molar-refractivity contribution in [2.45, 2.75) is 78.6 Å². The van der Waals surface area contributed by atoms with Crippen molar-refractivity contribution in [1.29, 1.82) is 0 Å². The van der Waals surface area contributed by atoms with E-state index in [0.717, 1.165) is 66.8 Å². The van der Waals surface area contributed by atoms with Gasteiger partial charge in [0.25, 0.3) is 0 Å². The Hall–Kier alpha value is -5.67. The molecule has 57 heavy (non-hydrogen) atoms. The minimum Gasteiger partial charge on any atom is -0.205 e. The van der Waals surface area contributed by atoms with E-state index < -0.39 is 33.7 Å². The highest BCUT2D eigenvalue weighted by molar-refractivity contribution is 5.92. The van der Waals surface area contributed by atoms with Crippen LogP contribution in [0.2, 0.25) is 0 Å². The SMILES string of the molecule is C=CC1=C(/C=C\C)c2ccc(-c3c(F)c(-c4ccc5c(c4)C(C)(C)c4ccccc4-5)c(F)c(-c4ccc5c(c4)C(C)(C)c4ccccc4-5)c3F)cc2C1(C)C.CC. The van der Waals surface area contributed by atoms with Gasteiger partial charge in [0.15, 0.2) is 0 Å². The molecule has 6 aromatic rings. The highest BCUT2D eigenvalue weighted by Gasteiger charge is 2.40. The second-order valence-electron chi connectivity index (χ2n) is 16.8. The van der Waals surface area contributed by atoms with Crippen molar-refractivity contribution in [3.63, 3.8) is 0 Å². The van der Waals surface area contributed by atoms with Crippen molar-refractivity contribution in [3.8, 4) is 55.6 Å². The third-order valence-corrected chi connectivity index (χ3v) is 12.8. The lowest BCUT2D eigenvalue weighted by Gasteiger charge is -2.24. The molecule has 9 rings (SSSR count). The molecule has 0 aliphatic heterocycles. The topological polar surface area (TPSA) is 0 Å². The number of hydrogen-bond donors (Lipinski definition) is 0. The number of halogens is 3. The highest BCUT2D eigenvalue weighted by atomic mass is 19.1. The van der Waals surface area contributed by atoms with Crippen molar-refractivity contribution in [1.82, 2.24) is 0 Å². The normalized spacial score (nSPS) is 16.1. The molecule has 0 spiro atoms. The number of rotatable bonds is 5. The van der Waals surface area contributed by atoms with Crippen LogP contribution < -0.4 is 0 Å². The third-order valence-electron chi connectivity index (χ3n) is 12.8. The van der Waals surface area contributed by atoms with Gasteiger partial charge in [-0.2, -0.15) is 0 Å². The van der Waals surface area contributed by atoms with E-state index in [-0.39, 0.29) is 16.7 Å². The molecular weight excluding hydrogens is 706 g/mol. The predicted molar refractivity (Wildman–Crippen MR) is 234 cm³/mol. The van der Waals surface area contributed by atoms with Gasteiger partial charge in [-0.3, -0.25) is 0 Å². The Morgan fingerprint density at radius 1 is 0.456 bits per heavy atom. The van der Waals surface area contributed by atoms with Crippen LogP contribution in [0.4, 0.5) is 13.2 Å². The van der Waals surface area contributed by atoms with Crippen molar-refractivity contribution in [2.75, 3.05) is 0 Å². The summed E-state index contributed by atoms with van der Waals surface area (Å²) < 4.78 is 52.7. The maximum atomic E-state index is 17.6. The Kier molecular flexibility index (Phi) is 9.04. The molecule has 0 atom stereocenters. The van der Waals surface area contributed by atoms with E-state index >= 15 is 13.2 Å². The Morgan fingerprint density at radius 3 is 1.19 bits per heavy atom. The van der Waals surface area contributed by atoms with Crippen LogP contribution in [0.15, 0.2) is 134 Å². The number of fused-ring (bicyclic) bond motifs is 7. The fourth-order valence-corrected chi connectivity index (χ4v) is 9.93. The van der Waals surface area contributed by atoms with Gasteiger partial charge in [0, 0.05) is 16.2 Å². The van der Waals surface area contributed by atoms with Crippen molar-refractivity contribution >= 4 is 5.57 Å². The molecule has 0 unspecified atom stereocenters. The predicted octanol–water partition coefficient (Wildman–Crippen LogP) is 15.6. The summed E-state index contributed by atoms with van der Waals surface area (Å²) in [5.41, 5.74) is 11.7. The van der Waals surface area contributed by atoms with Gasteiger partial charge >= 0.3 is 0 Å². The summed E-state index contributed by atoms with van der Waals surface area (Å²) in [4.78, 5) is 0. The van der Waals surface area contributed by atoms with Gasteiger partial charge in [-0.25, -0.2) is 13.2 Å². The summed E-state index contributed by atoms with van der Waals surface area (Å²) in [6.45, 7) is 22.8. The number of benzene rings is 6. The van der Waals surface area contributed by atoms with Crippen LogP contribution in [0.3, 0.4) is 0 Å². The Balaban J connectivity index is 0.00000224. The largest absolute Gasteiger partial charge is 0.205 e. The molecular formula is C54H49F3. The molecule has 0 saturated carbocycles. The zero-order valence-corrected chi connectivity index (χ0v) is 34.4. The highest BCUT2D eigenvalue weighted by Crippen LogP contribution is 2.54. The molecule has 0 radical (unpaired) electrons. The first-order valence-electron chi connectivity index (χ1n) is 20.1. The zero-order valence-electron chi connectivity index (χ0n) is 34.4. The van der Waals surface area contributed by atoms with Crippen LogP contribution in [0, 0.1) is 17.5 Å². The maximum absolute atomic E-state index is 17.6. The lowest BCUT2D eigenvalue weighted by Crippen LogP contribution is -2.16. The van der Waals surface area contributed by atoms with Crippen LogP contribution in [0.25, 0.3) is 61.2 Å². The van der Waals surface area contributed by atoms with Gasteiger partial charge in [-0.1, -0.05) is 165 Å². The van der Waals surface area contributed by atoms with E-state index in [9.17, 15) is 0 Å². The van der Waals surface area contributed by atoms with Crippen LogP contribution >= 0.6 is 0 Å². The molecule has 0 amide bonds. The fraction of sp³-hybridized carbons (Fsp3) is 0.222. The van der Waals surface area contributed by atoms with Crippen molar-refractivity contribution < 1.29 is 13.2 Å². The molecule has 0 fully saturated rings. The van der Waals surface area contributed by atoms with Gasteiger partial charge < -0.3 is 0 Å². The first kappa shape index (κ1) is 38.2. The minimum absolute atomic E-state index is 0.233. The molecule has 286 valence electrons. The molecule has 0 nitrogen and oxygen atoms in total. The Morgan fingerprint density at radius 2 is 0.807 bits per heavy atom. The second kappa shape index (κ2) is 13.5. The maximum Gasteiger partial charge on any atom is 0.144 e. The molecule has 6 aromatic carbocycles. The van der Waals surface area contributed by atoms with Gasteiger partial charge in [0.2, 0.25) is 0 Å². The first-order valence-corrected chi connectivity index (χ1v) is 20.1. The van der Waals surface area contributed by atoms with E-state index in [2.05, 4.69) is 78.5 Å². The fourth-order valence-electron chi connectivity index (χ4n) is 9.93. The van der Waals surface area contributed by atoms with Crippen molar-refractivity contribution in [2.24, 2.45) is 0 Å². The summed E-state index contributed by atoms with van der Waals surface area (Å²) in [6.07, 6.45) is 5.91. The molecule has 0 bridgehead atoms. The van der Waals surface area contributed by atoms with Crippen LogP contribution in [-0.4, -0.2) is 0 Å². The van der Waals surface area contributed by atoms with Gasteiger partial charge in [-0.05, 0) is 109 Å². The van der Waals surface area contributed by atoms with Crippen LogP contribution in [-0.2, 0) is 16.2 Å². The van der Waals surface area contributed by atoms with Gasteiger partial charge in [-0.15, -0.1) is 0 Å². The third kappa shape index (κ3) is 5.34. The van der Waals surface area contributed by atoms with Crippen LogP contribution in [0.5, 0.6) is 0 Å².